The van der Waals surface area contributed by atoms with Gasteiger partial charge in [0.2, 0.25) is 0 Å². The van der Waals surface area contributed by atoms with Crippen molar-refractivity contribution in [2.24, 2.45) is 0 Å². The first kappa shape index (κ1) is 38.8. The predicted octanol–water partition coefficient (Wildman–Crippen LogP) is 9.76. The molecule has 8 radical (unpaired) electrons. The topological polar surface area (TPSA) is 0 Å². The Morgan fingerprint density at radius 1 is 0.500 bits per heavy atom. The number of hydrogen-bond acceptors (Lipinski definition) is 0. The fourth-order valence-corrected chi connectivity index (χ4v) is 7.61. The normalized spacial score (nSPS) is 15.4. The molecular formula is C27H55IrP2. The van der Waals surface area contributed by atoms with Crippen molar-refractivity contribution in [2.45, 2.75) is 129 Å². The first-order valence-corrected chi connectivity index (χ1v) is 13.1. The van der Waals surface area contributed by atoms with Gasteiger partial charge in [-0.15, -0.1) is 17.2 Å². The molecule has 1 fully saturated rings. The minimum absolute atomic E-state index is 0. The summed E-state index contributed by atoms with van der Waals surface area (Å²) in [4.78, 5) is 0. The Balaban J connectivity index is -0.000000156. The van der Waals surface area contributed by atoms with Gasteiger partial charge in [0.25, 0.3) is 0 Å². The van der Waals surface area contributed by atoms with Gasteiger partial charge in [-0.05, 0) is 92.3 Å². The second-order valence-electron chi connectivity index (χ2n) is 11.6. The molecule has 1 saturated carbocycles. The van der Waals surface area contributed by atoms with E-state index in [1.165, 1.54) is 32.1 Å². The molecule has 0 heterocycles. The van der Waals surface area contributed by atoms with Gasteiger partial charge in [0.05, 0.1) is 0 Å². The smallest absolute Gasteiger partial charge is 0 e. The van der Waals surface area contributed by atoms with E-state index in [-0.39, 0.29) is 20.1 Å². The molecule has 0 nitrogen and oxygen atoms in total. The SMILES string of the molecule is CC(C)(C)PC(C)(C)C.CC(C)(C)PC(C)(C)C.[CH2][CH][CH2].[CH]1[CH]CC[CH][CH]CC1.[Ir]. The van der Waals surface area contributed by atoms with Crippen LogP contribution in [0.15, 0.2) is 0 Å². The Morgan fingerprint density at radius 3 is 0.700 bits per heavy atom. The minimum Gasteiger partial charge on any atom is -0.111 e. The fourth-order valence-electron chi connectivity index (χ4n) is 3.11. The third-order valence-electron chi connectivity index (χ3n) is 2.83. The Hall–Kier alpha value is 1.51. The van der Waals surface area contributed by atoms with Crippen molar-refractivity contribution in [1.82, 2.24) is 0 Å². The zero-order valence-corrected chi connectivity index (χ0v) is 26.9. The van der Waals surface area contributed by atoms with Gasteiger partial charge in [0, 0.05) is 20.1 Å². The quantitative estimate of drug-likeness (QED) is 0.233. The molecule has 0 spiro atoms. The van der Waals surface area contributed by atoms with Crippen LogP contribution in [0.1, 0.15) is 109 Å². The van der Waals surface area contributed by atoms with Crippen LogP contribution in [0.3, 0.4) is 0 Å². The molecule has 1 aliphatic rings. The van der Waals surface area contributed by atoms with Gasteiger partial charge in [-0.3, -0.25) is 0 Å². The molecule has 0 unspecified atom stereocenters. The number of rotatable bonds is 0. The summed E-state index contributed by atoms with van der Waals surface area (Å²) in [5.74, 6) is 0. The molecule has 0 aromatic rings. The van der Waals surface area contributed by atoms with Crippen molar-refractivity contribution in [3.8, 4) is 0 Å². The third-order valence-corrected chi connectivity index (χ3v) is 5.83. The van der Waals surface area contributed by atoms with Gasteiger partial charge in [-0.25, -0.2) is 0 Å². The summed E-state index contributed by atoms with van der Waals surface area (Å²) in [5.41, 5.74) is 0. The zero-order chi connectivity index (χ0) is 23.8. The molecule has 0 aromatic heterocycles. The molecule has 30 heavy (non-hydrogen) atoms. The maximum Gasteiger partial charge on any atom is 0 e. The molecule has 0 bridgehead atoms. The van der Waals surface area contributed by atoms with E-state index < -0.39 is 0 Å². The summed E-state index contributed by atoms with van der Waals surface area (Å²) in [5, 5.41) is 2.05. The molecule has 182 valence electrons. The summed E-state index contributed by atoms with van der Waals surface area (Å²) in [6.45, 7) is 34.1. The molecule has 3 heteroatoms. The van der Waals surface area contributed by atoms with Crippen LogP contribution in [0.4, 0.5) is 0 Å². The molecule has 0 saturated heterocycles. The number of hydrogen-bond donors (Lipinski definition) is 0. The van der Waals surface area contributed by atoms with Crippen LogP contribution in [0, 0.1) is 46.0 Å². The first-order chi connectivity index (χ1) is 12.8. The van der Waals surface area contributed by atoms with E-state index in [2.05, 4.69) is 123 Å². The van der Waals surface area contributed by atoms with Crippen LogP contribution in [0.5, 0.6) is 0 Å². The fraction of sp³-hybridized carbons (Fsp3) is 0.741. The Morgan fingerprint density at radius 2 is 0.633 bits per heavy atom. The van der Waals surface area contributed by atoms with E-state index in [0.717, 1.165) is 17.2 Å². The van der Waals surface area contributed by atoms with E-state index >= 15 is 0 Å². The maximum atomic E-state index is 3.25. The van der Waals surface area contributed by atoms with Gasteiger partial charge in [-0.2, -0.15) is 0 Å². The Bertz CT molecular complexity index is 264. The van der Waals surface area contributed by atoms with Crippen LogP contribution >= 0.6 is 17.2 Å². The third kappa shape index (κ3) is 51.8. The van der Waals surface area contributed by atoms with Crippen molar-refractivity contribution < 1.29 is 20.1 Å². The van der Waals surface area contributed by atoms with E-state index in [4.69, 9.17) is 0 Å². The molecule has 0 aliphatic heterocycles. The summed E-state index contributed by atoms with van der Waals surface area (Å²) in [7, 11) is 2.10. The summed E-state index contributed by atoms with van der Waals surface area (Å²) in [6, 6.07) is 0. The summed E-state index contributed by atoms with van der Waals surface area (Å²) < 4.78 is 0. The first-order valence-electron chi connectivity index (χ1n) is 11.1. The minimum atomic E-state index is 0. The second kappa shape index (κ2) is 19.9. The van der Waals surface area contributed by atoms with Crippen molar-refractivity contribution >= 4 is 17.2 Å². The van der Waals surface area contributed by atoms with Crippen molar-refractivity contribution in [3.05, 3.63) is 46.0 Å². The van der Waals surface area contributed by atoms with E-state index in [0.29, 0.717) is 20.6 Å². The standard InChI is InChI=1S/2C8H19P.C8H12.C3H5.Ir/c2*1-7(2,3)9-8(4,5)6;1-2-4-6-8-7-5-3-1;1-3-2;/h2*9H,1-6H3;1-2,7-8H,3-6H2;3H,1-2H2;. The molecule has 0 amide bonds. The molecule has 1 aliphatic carbocycles. The van der Waals surface area contributed by atoms with Crippen molar-refractivity contribution in [1.29, 1.82) is 0 Å². The molecular weight excluding hydrogens is 578 g/mol. The second-order valence-corrected chi connectivity index (χ2v) is 18.1. The van der Waals surface area contributed by atoms with Crippen molar-refractivity contribution in [3.63, 3.8) is 0 Å². The molecule has 0 N–H and O–H groups in total. The van der Waals surface area contributed by atoms with Gasteiger partial charge in [0.1, 0.15) is 0 Å². The van der Waals surface area contributed by atoms with Gasteiger partial charge in [-0.1, -0.05) is 83.1 Å². The van der Waals surface area contributed by atoms with E-state index in [1.807, 2.05) is 0 Å². The Kier molecular flexibility index (Phi) is 25.7. The van der Waals surface area contributed by atoms with E-state index in [9.17, 15) is 0 Å². The Labute approximate surface area is 212 Å². The molecule has 0 atom stereocenters. The molecule has 0 aromatic carbocycles. The predicted molar refractivity (Wildman–Crippen MR) is 146 cm³/mol. The van der Waals surface area contributed by atoms with Crippen LogP contribution in [-0.4, -0.2) is 20.6 Å². The largest absolute Gasteiger partial charge is 0.111 e. The summed E-state index contributed by atoms with van der Waals surface area (Å²) in [6.07, 6.45) is 15.5. The van der Waals surface area contributed by atoms with Gasteiger partial charge in [0.15, 0.2) is 0 Å². The maximum absolute atomic E-state index is 3.25. The average molecular weight is 634 g/mol. The van der Waals surface area contributed by atoms with Crippen LogP contribution in [-0.2, 0) is 20.1 Å². The summed E-state index contributed by atoms with van der Waals surface area (Å²) >= 11 is 0. The monoisotopic (exact) mass is 634 g/mol. The van der Waals surface area contributed by atoms with Crippen LogP contribution < -0.4 is 0 Å². The van der Waals surface area contributed by atoms with E-state index in [1.54, 1.807) is 0 Å². The van der Waals surface area contributed by atoms with Gasteiger partial charge < -0.3 is 0 Å². The van der Waals surface area contributed by atoms with Crippen LogP contribution in [0.25, 0.3) is 0 Å². The van der Waals surface area contributed by atoms with Crippen LogP contribution in [0.2, 0.25) is 0 Å². The van der Waals surface area contributed by atoms with Gasteiger partial charge >= 0.3 is 0 Å². The van der Waals surface area contributed by atoms with Crippen molar-refractivity contribution in [2.75, 3.05) is 0 Å². The average Bonchev–Trinajstić information content (AvgIpc) is 2.30. The zero-order valence-electron chi connectivity index (χ0n) is 22.5. The molecule has 1 rings (SSSR count).